The third-order valence-electron chi connectivity index (χ3n) is 3.96. The van der Waals surface area contributed by atoms with Gasteiger partial charge in [-0.1, -0.05) is 43.7 Å². The molecule has 0 radical (unpaired) electrons. The molecule has 22 heavy (non-hydrogen) atoms. The summed E-state index contributed by atoms with van der Waals surface area (Å²) in [6.45, 7) is 4.72. The third kappa shape index (κ3) is 3.26. The topological polar surface area (TPSA) is 26.3 Å². The summed E-state index contributed by atoms with van der Waals surface area (Å²) in [6.07, 6.45) is 3.69. The molecule has 1 heterocycles. The first-order valence-electron chi connectivity index (χ1n) is 7.42. The lowest BCUT2D eigenvalue weighted by Crippen LogP contribution is -2.28. The highest BCUT2D eigenvalue weighted by Crippen LogP contribution is 2.45. The highest BCUT2D eigenvalue weighted by Gasteiger charge is 2.35. The standard InChI is InChI=1S/C18H19ClO2S/c1-18(2)9-14(20)17-12(7-8-22-16(17)10-18)11-21-15-6-4-3-5-13(15)19/h3-7H,8-11H2,1-2H3. The van der Waals surface area contributed by atoms with E-state index in [-0.39, 0.29) is 11.2 Å². The van der Waals surface area contributed by atoms with Crippen LogP contribution in [0.4, 0.5) is 0 Å². The fourth-order valence-corrected chi connectivity index (χ4v) is 4.50. The summed E-state index contributed by atoms with van der Waals surface area (Å²) < 4.78 is 5.83. The minimum atomic E-state index is 0.0644. The van der Waals surface area contributed by atoms with Crippen molar-refractivity contribution in [2.45, 2.75) is 26.7 Å². The zero-order valence-electron chi connectivity index (χ0n) is 12.8. The largest absolute Gasteiger partial charge is 0.487 e. The molecule has 0 aromatic heterocycles. The van der Waals surface area contributed by atoms with E-state index in [0.29, 0.717) is 23.8 Å². The average Bonchev–Trinajstić information content (AvgIpc) is 2.44. The second kappa shape index (κ2) is 6.13. The number of Topliss-reactive ketones (excluding diaryl/α,β-unsaturated/α-hetero) is 1. The SMILES string of the molecule is CC1(C)CC(=O)C2=C(C1)SCC=C2COc1ccccc1Cl. The van der Waals surface area contributed by atoms with E-state index in [9.17, 15) is 4.79 Å². The number of ether oxygens (including phenoxy) is 1. The zero-order valence-corrected chi connectivity index (χ0v) is 14.4. The van der Waals surface area contributed by atoms with Gasteiger partial charge in [-0.2, -0.15) is 0 Å². The maximum absolute atomic E-state index is 12.5. The van der Waals surface area contributed by atoms with Gasteiger partial charge >= 0.3 is 0 Å². The van der Waals surface area contributed by atoms with Crippen molar-refractivity contribution in [2.75, 3.05) is 12.4 Å². The Morgan fingerprint density at radius 3 is 2.82 bits per heavy atom. The zero-order chi connectivity index (χ0) is 15.7. The van der Waals surface area contributed by atoms with Gasteiger partial charge in [-0.25, -0.2) is 0 Å². The second-order valence-electron chi connectivity index (χ2n) is 6.50. The second-order valence-corrected chi connectivity index (χ2v) is 8.02. The van der Waals surface area contributed by atoms with Gasteiger partial charge in [-0.15, -0.1) is 11.8 Å². The number of allylic oxidation sites excluding steroid dienone is 1. The van der Waals surface area contributed by atoms with Gasteiger partial charge in [0.1, 0.15) is 12.4 Å². The van der Waals surface area contributed by atoms with Gasteiger partial charge in [0.05, 0.1) is 5.02 Å². The molecule has 0 fully saturated rings. The van der Waals surface area contributed by atoms with E-state index in [1.807, 2.05) is 18.2 Å². The smallest absolute Gasteiger partial charge is 0.164 e. The van der Waals surface area contributed by atoms with Crippen molar-refractivity contribution in [1.29, 1.82) is 0 Å². The molecule has 1 aromatic carbocycles. The Morgan fingerprint density at radius 2 is 2.05 bits per heavy atom. The monoisotopic (exact) mass is 334 g/mol. The van der Waals surface area contributed by atoms with Crippen molar-refractivity contribution in [3.8, 4) is 5.75 Å². The first-order chi connectivity index (χ1) is 10.5. The van der Waals surface area contributed by atoms with Crippen LogP contribution in [0.3, 0.4) is 0 Å². The molecule has 2 nitrogen and oxygen atoms in total. The Balaban J connectivity index is 1.80. The van der Waals surface area contributed by atoms with Crippen molar-refractivity contribution in [1.82, 2.24) is 0 Å². The maximum Gasteiger partial charge on any atom is 0.164 e. The summed E-state index contributed by atoms with van der Waals surface area (Å²) in [4.78, 5) is 13.8. The van der Waals surface area contributed by atoms with E-state index in [1.54, 1.807) is 17.8 Å². The molecular weight excluding hydrogens is 316 g/mol. The van der Waals surface area contributed by atoms with Crippen molar-refractivity contribution in [3.05, 3.63) is 51.4 Å². The Bertz CT molecular complexity index is 673. The van der Waals surface area contributed by atoms with Crippen molar-refractivity contribution < 1.29 is 9.53 Å². The average molecular weight is 335 g/mol. The number of halogens is 1. The number of thioether (sulfide) groups is 1. The minimum absolute atomic E-state index is 0.0644. The predicted molar refractivity (Wildman–Crippen MR) is 92.5 cm³/mol. The third-order valence-corrected chi connectivity index (χ3v) is 5.31. The predicted octanol–water partition coefficient (Wildman–Crippen LogP) is 5.04. The van der Waals surface area contributed by atoms with Crippen LogP contribution in [0.15, 0.2) is 46.4 Å². The molecule has 1 aromatic rings. The Kier molecular flexibility index (Phi) is 4.37. The van der Waals surface area contributed by atoms with E-state index in [0.717, 1.165) is 23.3 Å². The van der Waals surface area contributed by atoms with Crippen LogP contribution in [-0.2, 0) is 4.79 Å². The lowest BCUT2D eigenvalue weighted by atomic mass is 9.76. The van der Waals surface area contributed by atoms with E-state index in [1.165, 1.54) is 4.91 Å². The molecule has 4 heteroatoms. The summed E-state index contributed by atoms with van der Waals surface area (Å²) in [5.41, 5.74) is 1.96. The molecule has 0 amide bonds. The van der Waals surface area contributed by atoms with Gasteiger partial charge in [0, 0.05) is 17.7 Å². The van der Waals surface area contributed by atoms with Gasteiger partial charge in [0.15, 0.2) is 5.78 Å². The van der Waals surface area contributed by atoms with Crippen molar-refractivity contribution >= 4 is 29.1 Å². The van der Waals surface area contributed by atoms with Gasteiger partial charge in [-0.05, 0) is 34.4 Å². The molecule has 3 rings (SSSR count). The van der Waals surface area contributed by atoms with E-state index in [2.05, 4.69) is 19.9 Å². The van der Waals surface area contributed by atoms with Crippen LogP contribution in [0.2, 0.25) is 5.02 Å². The molecular formula is C18H19ClO2S. The molecule has 0 atom stereocenters. The molecule has 0 saturated carbocycles. The molecule has 1 aliphatic carbocycles. The number of carbonyl (C=O) groups excluding carboxylic acids is 1. The normalized spacial score (nSPS) is 20.5. The fraction of sp³-hybridized carbons (Fsp3) is 0.389. The highest BCUT2D eigenvalue weighted by molar-refractivity contribution is 8.03. The lowest BCUT2D eigenvalue weighted by Gasteiger charge is -2.34. The quantitative estimate of drug-likeness (QED) is 0.775. The lowest BCUT2D eigenvalue weighted by molar-refractivity contribution is -0.117. The summed E-state index contributed by atoms with van der Waals surface area (Å²) in [6, 6.07) is 7.42. The van der Waals surface area contributed by atoms with E-state index in [4.69, 9.17) is 16.3 Å². The van der Waals surface area contributed by atoms with Crippen LogP contribution >= 0.6 is 23.4 Å². The molecule has 0 unspecified atom stereocenters. The van der Waals surface area contributed by atoms with Crippen molar-refractivity contribution in [2.24, 2.45) is 5.41 Å². The minimum Gasteiger partial charge on any atom is -0.487 e. The maximum atomic E-state index is 12.5. The number of rotatable bonds is 3. The van der Waals surface area contributed by atoms with Crippen LogP contribution in [0.5, 0.6) is 5.75 Å². The van der Waals surface area contributed by atoms with Crippen LogP contribution in [0, 0.1) is 5.41 Å². The van der Waals surface area contributed by atoms with Crippen LogP contribution in [0.25, 0.3) is 0 Å². The van der Waals surface area contributed by atoms with Crippen LogP contribution < -0.4 is 4.74 Å². The summed E-state index contributed by atoms with van der Waals surface area (Å²) >= 11 is 7.90. The van der Waals surface area contributed by atoms with E-state index >= 15 is 0 Å². The number of ketones is 1. The van der Waals surface area contributed by atoms with Crippen molar-refractivity contribution in [3.63, 3.8) is 0 Å². The first kappa shape index (κ1) is 15.7. The highest BCUT2D eigenvalue weighted by atomic mass is 35.5. The first-order valence-corrected chi connectivity index (χ1v) is 8.78. The Labute approximate surface area is 140 Å². The molecule has 0 N–H and O–H groups in total. The number of hydrogen-bond acceptors (Lipinski definition) is 3. The van der Waals surface area contributed by atoms with Gasteiger partial charge < -0.3 is 4.74 Å². The van der Waals surface area contributed by atoms with E-state index < -0.39 is 0 Å². The summed E-state index contributed by atoms with van der Waals surface area (Å²) in [7, 11) is 0. The van der Waals surface area contributed by atoms with Gasteiger partial charge in [0.2, 0.25) is 0 Å². The van der Waals surface area contributed by atoms with Crippen LogP contribution in [-0.4, -0.2) is 18.1 Å². The molecule has 1 aliphatic heterocycles. The summed E-state index contributed by atoms with van der Waals surface area (Å²) in [5, 5.41) is 0.596. The molecule has 0 saturated heterocycles. The molecule has 0 spiro atoms. The number of carbonyl (C=O) groups is 1. The molecule has 116 valence electrons. The van der Waals surface area contributed by atoms with Gasteiger partial charge in [-0.3, -0.25) is 4.79 Å². The molecule has 2 aliphatic rings. The Hall–Kier alpha value is -1.19. The summed E-state index contributed by atoms with van der Waals surface area (Å²) in [5.74, 6) is 1.81. The fourth-order valence-electron chi connectivity index (χ4n) is 2.94. The number of benzene rings is 1. The molecule has 0 bridgehead atoms. The number of hydrogen-bond donors (Lipinski definition) is 0. The van der Waals surface area contributed by atoms with Gasteiger partial charge in [0.25, 0.3) is 0 Å². The Morgan fingerprint density at radius 1 is 1.27 bits per heavy atom. The number of para-hydroxylation sites is 1. The van der Waals surface area contributed by atoms with Crippen LogP contribution in [0.1, 0.15) is 26.7 Å².